The number of rotatable bonds is 6. The Bertz CT molecular complexity index is 422. The predicted octanol–water partition coefficient (Wildman–Crippen LogP) is 2.97. The minimum absolute atomic E-state index is 0.0610. The number of thioether (sulfide) groups is 1. The first kappa shape index (κ1) is 15.3. The Kier molecular flexibility index (Phi) is 5.29. The molecule has 2 unspecified atom stereocenters. The van der Waals surface area contributed by atoms with Crippen molar-refractivity contribution < 1.29 is 4.74 Å². The van der Waals surface area contributed by atoms with E-state index in [1.165, 1.54) is 15.6 Å². The number of nitrogens with zero attached hydrogens (tertiary/aromatic N) is 1. The fourth-order valence-corrected chi connectivity index (χ4v) is 5.19. The number of methoxy groups -OCH3 is 1. The van der Waals surface area contributed by atoms with Crippen LogP contribution in [-0.2, 0) is 16.7 Å². The van der Waals surface area contributed by atoms with Gasteiger partial charge in [-0.15, -0.1) is 11.3 Å². The molecule has 1 saturated heterocycles. The molecular formula is C14H24N2OS2. The van der Waals surface area contributed by atoms with E-state index in [1.54, 1.807) is 7.11 Å². The highest BCUT2D eigenvalue weighted by Gasteiger charge is 2.41. The zero-order valence-corrected chi connectivity index (χ0v) is 13.9. The highest BCUT2D eigenvalue weighted by atomic mass is 32.2. The Morgan fingerprint density at radius 2 is 2.32 bits per heavy atom. The second-order valence-corrected chi connectivity index (χ2v) is 7.83. The van der Waals surface area contributed by atoms with E-state index in [9.17, 15) is 0 Å². The summed E-state index contributed by atoms with van der Waals surface area (Å²) in [5.41, 5.74) is 1.32. The van der Waals surface area contributed by atoms with Gasteiger partial charge in [0.1, 0.15) is 5.01 Å². The molecule has 3 nitrogen and oxygen atoms in total. The number of aromatic nitrogens is 1. The number of hydrogen-bond acceptors (Lipinski definition) is 5. The van der Waals surface area contributed by atoms with Gasteiger partial charge in [-0.1, -0.05) is 13.8 Å². The van der Waals surface area contributed by atoms with Crippen LogP contribution in [-0.4, -0.2) is 36.2 Å². The molecular weight excluding hydrogens is 276 g/mol. The average Bonchev–Trinajstić information content (AvgIpc) is 2.94. The summed E-state index contributed by atoms with van der Waals surface area (Å²) < 4.78 is 5.17. The first-order chi connectivity index (χ1) is 9.11. The second-order valence-electron chi connectivity index (χ2n) is 5.20. The molecule has 1 aromatic heterocycles. The molecule has 0 aliphatic carbocycles. The standard InChI is InChI=1S/C14H24N2OS2/c1-5-12-11(3)19-13(16-12)14(15-6-7-17-4)8-10(2)18-9-14/h10,15H,5-9H2,1-4H3. The van der Waals surface area contributed by atoms with Crippen molar-refractivity contribution in [1.29, 1.82) is 0 Å². The fraction of sp³-hybridized carbons (Fsp3) is 0.786. The van der Waals surface area contributed by atoms with Gasteiger partial charge in [0, 0.05) is 29.5 Å². The van der Waals surface area contributed by atoms with Crippen molar-refractivity contribution in [3.63, 3.8) is 0 Å². The quantitative estimate of drug-likeness (QED) is 0.819. The maximum atomic E-state index is 5.17. The molecule has 0 radical (unpaired) electrons. The lowest BCUT2D eigenvalue weighted by Crippen LogP contribution is -2.44. The molecule has 2 atom stereocenters. The van der Waals surface area contributed by atoms with Crippen LogP contribution in [0.15, 0.2) is 0 Å². The highest BCUT2D eigenvalue weighted by molar-refractivity contribution is 8.00. The van der Waals surface area contributed by atoms with Crippen LogP contribution in [0.1, 0.15) is 35.8 Å². The Morgan fingerprint density at radius 1 is 1.53 bits per heavy atom. The van der Waals surface area contributed by atoms with E-state index >= 15 is 0 Å². The smallest absolute Gasteiger partial charge is 0.114 e. The monoisotopic (exact) mass is 300 g/mol. The van der Waals surface area contributed by atoms with Crippen LogP contribution in [0.3, 0.4) is 0 Å². The third-order valence-corrected chi connectivity index (χ3v) is 6.27. The van der Waals surface area contributed by atoms with E-state index in [1.807, 2.05) is 23.1 Å². The minimum Gasteiger partial charge on any atom is -0.383 e. The Morgan fingerprint density at radius 3 is 2.84 bits per heavy atom. The SMILES string of the molecule is CCc1nc(C2(NCCOC)CSC(C)C2)sc1C. The van der Waals surface area contributed by atoms with Crippen LogP contribution in [0, 0.1) is 6.92 Å². The average molecular weight is 300 g/mol. The zero-order chi connectivity index (χ0) is 13.9. The maximum absolute atomic E-state index is 5.17. The normalized spacial score (nSPS) is 27.1. The van der Waals surface area contributed by atoms with E-state index < -0.39 is 0 Å². The van der Waals surface area contributed by atoms with Gasteiger partial charge in [0.15, 0.2) is 0 Å². The van der Waals surface area contributed by atoms with Gasteiger partial charge < -0.3 is 10.1 Å². The third kappa shape index (κ3) is 3.32. The van der Waals surface area contributed by atoms with Gasteiger partial charge in [-0.2, -0.15) is 11.8 Å². The maximum Gasteiger partial charge on any atom is 0.114 e. The van der Waals surface area contributed by atoms with Crippen LogP contribution in [0.2, 0.25) is 0 Å². The van der Waals surface area contributed by atoms with E-state index in [-0.39, 0.29) is 5.54 Å². The summed E-state index contributed by atoms with van der Waals surface area (Å²) >= 11 is 3.91. The Labute approximate surface area is 124 Å². The topological polar surface area (TPSA) is 34.2 Å². The lowest BCUT2D eigenvalue weighted by molar-refractivity contribution is 0.186. The third-order valence-electron chi connectivity index (χ3n) is 3.66. The molecule has 0 bridgehead atoms. The summed E-state index contributed by atoms with van der Waals surface area (Å²) in [4.78, 5) is 6.27. The molecule has 1 fully saturated rings. The molecule has 1 N–H and O–H groups in total. The Hall–Kier alpha value is -0.100. The van der Waals surface area contributed by atoms with E-state index in [0.29, 0.717) is 5.25 Å². The van der Waals surface area contributed by atoms with Crippen molar-refractivity contribution in [3.8, 4) is 0 Å². The molecule has 108 valence electrons. The van der Waals surface area contributed by atoms with E-state index in [2.05, 4.69) is 26.1 Å². The number of hydrogen-bond donors (Lipinski definition) is 1. The zero-order valence-electron chi connectivity index (χ0n) is 12.3. The van der Waals surface area contributed by atoms with E-state index in [4.69, 9.17) is 9.72 Å². The first-order valence-electron chi connectivity index (χ1n) is 6.93. The van der Waals surface area contributed by atoms with Crippen LogP contribution < -0.4 is 5.32 Å². The molecule has 0 aromatic carbocycles. The van der Waals surface area contributed by atoms with Gasteiger partial charge in [0.05, 0.1) is 17.8 Å². The lowest BCUT2D eigenvalue weighted by Gasteiger charge is -2.28. The van der Waals surface area contributed by atoms with Crippen LogP contribution in [0.5, 0.6) is 0 Å². The molecule has 1 aromatic rings. The summed E-state index contributed by atoms with van der Waals surface area (Å²) in [5.74, 6) is 1.12. The molecule has 5 heteroatoms. The molecule has 0 saturated carbocycles. The van der Waals surface area contributed by atoms with Gasteiger partial charge >= 0.3 is 0 Å². The Balaban J connectivity index is 2.21. The number of nitrogens with one attached hydrogen (secondary N) is 1. The van der Waals surface area contributed by atoms with Gasteiger partial charge in [0.25, 0.3) is 0 Å². The summed E-state index contributed by atoms with van der Waals surface area (Å²) in [6.07, 6.45) is 2.19. The van der Waals surface area contributed by atoms with Gasteiger partial charge in [-0.05, 0) is 19.8 Å². The van der Waals surface area contributed by atoms with Gasteiger partial charge in [-0.25, -0.2) is 4.98 Å². The predicted molar refractivity (Wildman–Crippen MR) is 84.3 cm³/mol. The highest BCUT2D eigenvalue weighted by Crippen LogP contribution is 2.43. The molecule has 1 aliphatic rings. The first-order valence-corrected chi connectivity index (χ1v) is 8.80. The van der Waals surface area contributed by atoms with Crippen molar-refractivity contribution in [2.75, 3.05) is 26.0 Å². The number of ether oxygens (including phenoxy) is 1. The summed E-state index contributed by atoms with van der Waals surface area (Å²) in [6, 6.07) is 0. The van der Waals surface area contributed by atoms with Gasteiger partial charge in [-0.3, -0.25) is 0 Å². The second kappa shape index (κ2) is 6.57. The molecule has 2 heterocycles. The molecule has 0 amide bonds. The molecule has 0 spiro atoms. The molecule has 2 rings (SSSR count). The fourth-order valence-electron chi connectivity index (χ4n) is 2.59. The minimum atomic E-state index is 0.0610. The lowest BCUT2D eigenvalue weighted by atomic mass is 9.97. The summed E-state index contributed by atoms with van der Waals surface area (Å²) in [5, 5.41) is 5.68. The van der Waals surface area contributed by atoms with Crippen LogP contribution >= 0.6 is 23.1 Å². The number of aryl methyl sites for hydroxylation is 2. The van der Waals surface area contributed by atoms with Crippen molar-refractivity contribution in [2.24, 2.45) is 0 Å². The van der Waals surface area contributed by atoms with Crippen LogP contribution in [0.25, 0.3) is 0 Å². The molecule has 19 heavy (non-hydrogen) atoms. The van der Waals surface area contributed by atoms with Gasteiger partial charge in [0.2, 0.25) is 0 Å². The van der Waals surface area contributed by atoms with Crippen molar-refractivity contribution in [1.82, 2.24) is 10.3 Å². The number of thiazole rings is 1. The largest absolute Gasteiger partial charge is 0.383 e. The van der Waals surface area contributed by atoms with Crippen molar-refractivity contribution in [3.05, 3.63) is 15.6 Å². The van der Waals surface area contributed by atoms with Crippen molar-refractivity contribution >= 4 is 23.1 Å². The van der Waals surface area contributed by atoms with E-state index in [0.717, 1.165) is 31.7 Å². The van der Waals surface area contributed by atoms with Crippen molar-refractivity contribution in [2.45, 2.75) is 44.4 Å². The molecule has 1 aliphatic heterocycles. The summed E-state index contributed by atoms with van der Waals surface area (Å²) in [6.45, 7) is 8.33. The summed E-state index contributed by atoms with van der Waals surface area (Å²) in [7, 11) is 1.75. The van der Waals surface area contributed by atoms with Crippen LogP contribution in [0.4, 0.5) is 0 Å².